The lowest BCUT2D eigenvalue weighted by atomic mass is 10.00. The first-order chi connectivity index (χ1) is 15.9. The summed E-state index contributed by atoms with van der Waals surface area (Å²) >= 11 is 7.48. The van der Waals surface area contributed by atoms with Crippen molar-refractivity contribution in [3.63, 3.8) is 0 Å². The Morgan fingerprint density at radius 2 is 2.09 bits per heavy atom. The number of carbonyl (C=O) groups excluding carboxylic acids is 1. The molecule has 2 saturated heterocycles. The van der Waals surface area contributed by atoms with Crippen molar-refractivity contribution >= 4 is 35.2 Å². The van der Waals surface area contributed by atoms with E-state index in [0.717, 1.165) is 57.2 Å². The fourth-order valence-electron chi connectivity index (χ4n) is 4.23. The predicted molar refractivity (Wildman–Crippen MR) is 128 cm³/mol. The number of rotatable bonds is 8. The van der Waals surface area contributed by atoms with E-state index in [0.29, 0.717) is 22.3 Å². The summed E-state index contributed by atoms with van der Waals surface area (Å²) in [7, 11) is 1.66. The van der Waals surface area contributed by atoms with Gasteiger partial charge in [0.15, 0.2) is 5.16 Å². The molecule has 0 spiro atoms. The average Bonchev–Trinajstić information content (AvgIpc) is 3.46. The van der Waals surface area contributed by atoms with Gasteiger partial charge in [0, 0.05) is 43.9 Å². The van der Waals surface area contributed by atoms with Crippen LogP contribution < -0.4 is 4.90 Å². The van der Waals surface area contributed by atoms with Crippen LogP contribution in [0.4, 0.5) is 10.3 Å². The second-order valence-corrected chi connectivity index (χ2v) is 10.3. The molecular weight excluding hydrogens is 465 g/mol. The van der Waals surface area contributed by atoms with Gasteiger partial charge in [-0.05, 0) is 43.7 Å². The van der Waals surface area contributed by atoms with Crippen molar-refractivity contribution in [1.29, 1.82) is 0 Å². The third kappa shape index (κ3) is 6.00. The molecular formula is C23H31ClFN5O2S. The molecule has 10 heteroatoms. The van der Waals surface area contributed by atoms with Gasteiger partial charge < -0.3 is 14.5 Å². The molecule has 1 unspecified atom stereocenters. The number of ether oxygens (including phenoxy) is 1. The third-order valence-electron chi connectivity index (χ3n) is 6.38. The Hall–Kier alpha value is -1.84. The van der Waals surface area contributed by atoms with Crippen LogP contribution in [-0.2, 0) is 22.6 Å². The van der Waals surface area contributed by atoms with Crippen LogP contribution in [-0.4, -0.2) is 64.2 Å². The average molecular weight is 496 g/mol. The first-order valence-electron chi connectivity index (χ1n) is 11.5. The molecule has 0 radical (unpaired) electrons. The van der Waals surface area contributed by atoms with Gasteiger partial charge in [0.1, 0.15) is 5.82 Å². The molecule has 33 heavy (non-hydrogen) atoms. The van der Waals surface area contributed by atoms with Crippen LogP contribution in [0.1, 0.15) is 38.2 Å². The number of thioether (sulfide) groups is 1. The first kappa shape index (κ1) is 24.3. The first-order valence-corrected chi connectivity index (χ1v) is 12.9. The van der Waals surface area contributed by atoms with Gasteiger partial charge in [0.05, 0.1) is 18.4 Å². The minimum absolute atomic E-state index is 0.116. The zero-order chi connectivity index (χ0) is 23.4. The number of hydrogen-bond donors (Lipinski definition) is 0. The van der Waals surface area contributed by atoms with Crippen LogP contribution in [0.2, 0.25) is 5.02 Å². The van der Waals surface area contributed by atoms with Crippen LogP contribution in [0.3, 0.4) is 0 Å². The lowest BCUT2D eigenvalue weighted by Crippen LogP contribution is -2.35. The Labute approximate surface area is 203 Å². The molecule has 3 heterocycles. The molecule has 0 saturated carbocycles. The highest BCUT2D eigenvalue weighted by Gasteiger charge is 2.26. The summed E-state index contributed by atoms with van der Waals surface area (Å²) in [5.74, 6) is 1.23. The number of nitrogens with zero attached hydrogens (tertiary/aromatic N) is 5. The summed E-state index contributed by atoms with van der Waals surface area (Å²) in [6, 6.07) is 4.54. The number of aromatic nitrogens is 3. The zero-order valence-corrected chi connectivity index (χ0v) is 20.7. The van der Waals surface area contributed by atoms with Gasteiger partial charge in [0.2, 0.25) is 11.9 Å². The molecule has 1 atom stereocenters. The molecule has 7 nitrogen and oxygen atoms in total. The molecule has 4 rings (SSSR count). The quantitative estimate of drug-likeness (QED) is 0.510. The molecule has 0 bridgehead atoms. The smallest absolute Gasteiger partial charge is 0.233 e. The Kier molecular flexibility index (Phi) is 8.14. The van der Waals surface area contributed by atoms with Gasteiger partial charge in [-0.3, -0.25) is 9.36 Å². The van der Waals surface area contributed by atoms with Crippen LogP contribution in [0, 0.1) is 11.7 Å². The van der Waals surface area contributed by atoms with Gasteiger partial charge in [-0.15, -0.1) is 10.2 Å². The van der Waals surface area contributed by atoms with E-state index in [-0.39, 0.29) is 24.3 Å². The second-order valence-electron chi connectivity index (χ2n) is 8.94. The number of amides is 1. The third-order valence-corrected chi connectivity index (χ3v) is 7.69. The lowest BCUT2D eigenvalue weighted by molar-refractivity contribution is -0.127. The van der Waals surface area contributed by atoms with Crippen molar-refractivity contribution in [3.05, 3.63) is 34.6 Å². The normalized spacial score (nSPS) is 19.3. The molecule has 1 aromatic heterocycles. The van der Waals surface area contributed by atoms with Gasteiger partial charge in [-0.1, -0.05) is 36.4 Å². The number of benzene rings is 1. The Morgan fingerprint density at radius 1 is 1.30 bits per heavy atom. The highest BCUT2D eigenvalue weighted by Crippen LogP contribution is 2.28. The monoisotopic (exact) mass is 495 g/mol. The molecule has 2 aromatic rings. The van der Waals surface area contributed by atoms with Crippen LogP contribution in [0.25, 0.3) is 0 Å². The summed E-state index contributed by atoms with van der Waals surface area (Å²) in [5.41, 5.74) is 0.322. The van der Waals surface area contributed by atoms with Gasteiger partial charge >= 0.3 is 0 Å². The minimum Gasteiger partial charge on any atom is -0.376 e. The fraction of sp³-hybridized carbons (Fsp3) is 0.609. The Balaban J connectivity index is 1.43. The van der Waals surface area contributed by atoms with E-state index < -0.39 is 5.82 Å². The van der Waals surface area contributed by atoms with Crippen molar-refractivity contribution < 1.29 is 13.9 Å². The van der Waals surface area contributed by atoms with Crippen molar-refractivity contribution in [2.75, 3.05) is 37.4 Å². The Bertz CT molecular complexity index is 940. The van der Waals surface area contributed by atoms with E-state index in [1.165, 1.54) is 22.7 Å². The molecule has 0 aliphatic carbocycles. The highest BCUT2D eigenvalue weighted by molar-refractivity contribution is 7.99. The fourth-order valence-corrected chi connectivity index (χ4v) is 5.33. The zero-order valence-electron chi connectivity index (χ0n) is 19.2. The van der Waals surface area contributed by atoms with Crippen LogP contribution >= 0.6 is 23.4 Å². The van der Waals surface area contributed by atoms with Crippen molar-refractivity contribution in [2.24, 2.45) is 5.92 Å². The number of carbonyl (C=O) groups is 1. The maximum absolute atomic E-state index is 14.1. The number of piperidine rings is 1. The maximum atomic E-state index is 14.1. The lowest BCUT2D eigenvalue weighted by Gasteiger charge is -2.31. The summed E-state index contributed by atoms with van der Waals surface area (Å²) in [6.07, 6.45) is 4.50. The van der Waals surface area contributed by atoms with E-state index in [1.54, 1.807) is 19.2 Å². The predicted octanol–water partition coefficient (Wildman–Crippen LogP) is 4.24. The minimum atomic E-state index is -0.411. The van der Waals surface area contributed by atoms with Gasteiger partial charge in [-0.2, -0.15) is 0 Å². The molecule has 1 amide bonds. The van der Waals surface area contributed by atoms with Crippen molar-refractivity contribution in [3.8, 4) is 0 Å². The molecule has 2 aliphatic heterocycles. The largest absolute Gasteiger partial charge is 0.376 e. The standard InChI is InChI=1S/C23H31ClFN5O2S/c1-16-8-10-29(11-9-16)22-26-27-23(30(22)13-17-5-4-12-32-17)33-15-21(31)28(2)14-18-19(24)6-3-7-20(18)25/h3,6-7,16-17H,4-5,8-15H2,1-2H3. The van der Waals surface area contributed by atoms with E-state index in [9.17, 15) is 9.18 Å². The topological polar surface area (TPSA) is 63.5 Å². The van der Waals surface area contributed by atoms with Gasteiger partial charge in [0.25, 0.3) is 0 Å². The van der Waals surface area contributed by atoms with Crippen molar-refractivity contribution in [2.45, 2.75) is 57.0 Å². The molecule has 1 aromatic carbocycles. The van der Waals surface area contributed by atoms with Gasteiger partial charge in [-0.25, -0.2) is 4.39 Å². The number of hydrogen-bond acceptors (Lipinski definition) is 6. The SMILES string of the molecule is CC1CCN(c2nnc(SCC(=O)N(C)Cc3c(F)cccc3Cl)n2CC2CCCO2)CC1. The van der Waals surface area contributed by atoms with Crippen LogP contribution in [0.5, 0.6) is 0 Å². The summed E-state index contributed by atoms with van der Waals surface area (Å²) in [5, 5.41) is 9.95. The maximum Gasteiger partial charge on any atom is 0.233 e. The van der Waals surface area contributed by atoms with E-state index in [2.05, 4.69) is 26.6 Å². The molecule has 0 N–H and O–H groups in total. The number of halogens is 2. The Morgan fingerprint density at radius 3 is 2.79 bits per heavy atom. The summed E-state index contributed by atoms with van der Waals surface area (Å²) in [4.78, 5) is 16.6. The highest BCUT2D eigenvalue weighted by atomic mass is 35.5. The summed E-state index contributed by atoms with van der Waals surface area (Å²) in [6.45, 7) is 5.79. The van der Waals surface area contributed by atoms with E-state index >= 15 is 0 Å². The molecule has 2 aliphatic rings. The molecule has 180 valence electrons. The van der Waals surface area contributed by atoms with E-state index in [4.69, 9.17) is 16.3 Å². The van der Waals surface area contributed by atoms with Crippen molar-refractivity contribution in [1.82, 2.24) is 19.7 Å². The number of anilines is 1. The summed E-state index contributed by atoms with van der Waals surface area (Å²) < 4.78 is 22.1. The second kappa shape index (κ2) is 11.1. The van der Waals surface area contributed by atoms with E-state index in [1.807, 2.05) is 0 Å². The van der Waals surface area contributed by atoms with Crippen LogP contribution in [0.15, 0.2) is 23.4 Å². The molecule has 2 fully saturated rings.